The largest absolute Gasteiger partial charge is 0.352 e. The van der Waals surface area contributed by atoms with Gasteiger partial charge in [0.2, 0.25) is 0 Å². The zero-order valence-electron chi connectivity index (χ0n) is 13.5. The molecule has 0 aliphatic carbocycles. The molecular formula is C16H21IN6. The maximum absolute atomic E-state index is 5.21. The van der Waals surface area contributed by atoms with Gasteiger partial charge in [-0.2, -0.15) is 5.10 Å². The van der Waals surface area contributed by atoms with Gasteiger partial charge < -0.3 is 10.6 Å². The van der Waals surface area contributed by atoms with Gasteiger partial charge in [-0.15, -0.1) is 30.4 Å². The molecule has 0 radical (unpaired) electrons. The summed E-state index contributed by atoms with van der Waals surface area (Å²) < 4.78 is 1.83. The van der Waals surface area contributed by atoms with Crippen molar-refractivity contribution in [2.24, 2.45) is 4.99 Å². The minimum Gasteiger partial charge on any atom is -0.352 e. The van der Waals surface area contributed by atoms with Crippen LogP contribution in [0.1, 0.15) is 17.0 Å². The first-order chi connectivity index (χ1) is 10.6. The Bertz CT molecular complexity index is 696. The van der Waals surface area contributed by atoms with Gasteiger partial charge in [0.1, 0.15) is 0 Å². The van der Waals surface area contributed by atoms with E-state index in [1.54, 1.807) is 7.05 Å². The van der Waals surface area contributed by atoms with E-state index in [0.29, 0.717) is 19.0 Å². The number of hydrogen-bond acceptors (Lipinski definition) is 3. The lowest BCUT2D eigenvalue weighted by molar-refractivity contribution is 0.797. The van der Waals surface area contributed by atoms with E-state index < -0.39 is 0 Å². The molecule has 0 aliphatic heterocycles. The molecule has 0 unspecified atom stereocenters. The van der Waals surface area contributed by atoms with E-state index in [-0.39, 0.29) is 24.0 Å². The van der Waals surface area contributed by atoms with E-state index in [0.717, 1.165) is 22.8 Å². The molecule has 122 valence electrons. The zero-order valence-corrected chi connectivity index (χ0v) is 15.8. The predicted octanol–water partition coefficient (Wildman–Crippen LogP) is 1.80. The molecule has 0 amide bonds. The van der Waals surface area contributed by atoms with Crippen molar-refractivity contribution in [1.82, 2.24) is 25.4 Å². The van der Waals surface area contributed by atoms with Gasteiger partial charge in [0.15, 0.2) is 11.8 Å². The summed E-state index contributed by atoms with van der Waals surface area (Å²) in [5.74, 6) is 3.99. The van der Waals surface area contributed by atoms with Gasteiger partial charge in [-0.3, -0.25) is 4.99 Å². The first kappa shape index (κ1) is 19.0. The van der Waals surface area contributed by atoms with Gasteiger partial charge in [0, 0.05) is 25.5 Å². The van der Waals surface area contributed by atoms with Gasteiger partial charge in [-0.25, -0.2) is 9.67 Å². The number of guanidine groups is 1. The third-order valence-corrected chi connectivity index (χ3v) is 3.08. The summed E-state index contributed by atoms with van der Waals surface area (Å²) in [4.78, 5) is 8.54. The minimum atomic E-state index is 0. The van der Waals surface area contributed by atoms with Crippen molar-refractivity contribution in [3.8, 4) is 18.2 Å². The fraction of sp³-hybridized carbons (Fsp3) is 0.312. The Kier molecular flexibility index (Phi) is 7.54. The van der Waals surface area contributed by atoms with Crippen LogP contribution in [0.15, 0.2) is 29.4 Å². The van der Waals surface area contributed by atoms with Crippen molar-refractivity contribution < 1.29 is 0 Å². The number of nitrogens with zero attached hydrogens (tertiary/aromatic N) is 4. The van der Waals surface area contributed by atoms with Crippen LogP contribution in [0.25, 0.3) is 5.82 Å². The van der Waals surface area contributed by atoms with Crippen molar-refractivity contribution >= 4 is 29.9 Å². The first-order valence-corrected chi connectivity index (χ1v) is 7.00. The molecule has 0 saturated carbocycles. The van der Waals surface area contributed by atoms with Gasteiger partial charge in [0.25, 0.3) is 0 Å². The molecule has 2 aromatic rings. The minimum absolute atomic E-state index is 0. The second-order valence-corrected chi connectivity index (χ2v) is 4.85. The van der Waals surface area contributed by atoms with E-state index in [9.17, 15) is 0 Å². The molecule has 6 nitrogen and oxygen atoms in total. The van der Waals surface area contributed by atoms with Crippen molar-refractivity contribution in [3.63, 3.8) is 0 Å². The summed E-state index contributed by atoms with van der Waals surface area (Å²) in [6.07, 6.45) is 7.04. The fourth-order valence-electron chi connectivity index (χ4n) is 2.05. The highest BCUT2D eigenvalue weighted by Crippen LogP contribution is 2.10. The summed E-state index contributed by atoms with van der Waals surface area (Å²) >= 11 is 0. The van der Waals surface area contributed by atoms with Crippen LogP contribution in [-0.2, 0) is 6.54 Å². The Balaban J connectivity index is 0.00000264. The maximum Gasteiger partial charge on any atom is 0.192 e. The van der Waals surface area contributed by atoms with Crippen LogP contribution in [0.3, 0.4) is 0 Å². The third-order valence-electron chi connectivity index (χ3n) is 3.08. The number of aromatic nitrogens is 3. The standard InChI is InChI=1S/C16H20N6.HI/c1-5-8-18-16(17-4)20-11-14-6-7-15(19-10-14)22-13(3)9-12(2)21-22;/h1,6-7,9-10H,8,11H2,2-4H3,(H2,17,18,20);1H. The number of nitrogens with one attached hydrogen (secondary N) is 2. The summed E-state index contributed by atoms with van der Waals surface area (Å²) in [5, 5.41) is 10.6. The Labute approximate surface area is 153 Å². The van der Waals surface area contributed by atoms with Crippen LogP contribution in [-0.4, -0.2) is 34.3 Å². The fourth-order valence-corrected chi connectivity index (χ4v) is 2.05. The van der Waals surface area contributed by atoms with E-state index in [4.69, 9.17) is 6.42 Å². The van der Waals surface area contributed by atoms with Crippen LogP contribution < -0.4 is 10.6 Å². The highest BCUT2D eigenvalue weighted by Gasteiger charge is 2.05. The number of aliphatic imine (C=N–C) groups is 1. The highest BCUT2D eigenvalue weighted by molar-refractivity contribution is 14.0. The monoisotopic (exact) mass is 424 g/mol. The molecule has 2 heterocycles. The van der Waals surface area contributed by atoms with Crippen molar-refractivity contribution in [2.75, 3.05) is 13.6 Å². The average molecular weight is 424 g/mol. The Hall–Kier alpha value is -2.08. The molecule has 0 bridgehead atoms. The highest BCUT2D eigenvalue weighted by atomic mass is 127. The average Bonchev–Trinajstić information content (AvgIpc) is 2.87. The lowest BCUT2D eigenvalue weighted by Gasteiger charge is -2.10. The molecule has 0 aliphatic rings. The molecule has 2 aromatic heterocycles. The van der Waals surface area contributed by atoms with Crippen molar-refractivity contribution in [1.29, 1.82) is 0 Å². The molecule has 2 rings (SSSR count). The molecule has 2 N–H and O–H groups in total. The number of pyridine rings is 1. The second-order valence-electron chi connectivity index (χ2n) is 4.85. The first-order valence-electron chi connectivity index (χ1n) is 7.00. The number of terminal acetylenes is 1. The van der Waals surface area contributed by atoms with Crippen molar-refractivity contribution in [3.05, 3.63) is 41.3 Å². The molecule has 0 atom stereocenters. The number of hydrogen-bond donors (Lipinski definition) is 2. The van der Waals surface area contributed by atoms with E-state index in [2.05, 4.69) is 31.6 Å². The summed E-state index contributed by atoms with van der Waals surface area (Å²) in [5.41, 5.74) is 3.09. The van der Waals surface area contributed by atoms with Crippen LogP contribution in [0, 0.1) is 26.2 Å². The van der Waals surface area contributed by atoms with Crippen LogP contribution in [0.4, 0.5) is 0 Å². The maximum atomic E-state index is 5.21. The van der Waals surface area contributed by atoms with Gasteiger partial charge in [-0.1, -0.05) is 12.0 Å². The topological polar surface area (TPSA) is 67.1 Å². The SMILES string of the molecule is C#CCNC(=NC)NCc1ccc(-n2nc(C)cc2C)nc1.I. The predicted molar refractivity (Wildman–Crippen MR) is 103 cm³/mol. The molecule has 0 saturated heterocycles. The van der Waals surface area contributed by atoms with Crippen molar-refractivity contribution in [2.45, 2.75) is 20.4 Å². The molecule has 0 fully saturated rings. The van der Waals surface area contributed by atoms with Crippen LogP contribution in [0.2, 0.25) is 0 Å². The quantitative estimate of drug-likeness (QED) is 0.340. The summed E-state index contributed by atoms with van der Waals surface area (Å²) in [6, 6.07) is 5.99. The molecule has 0 aromatic carbocycles. The van der Waals surface area contributed by atoms with Gasteiger partial charge in [0.05, 0.1) is 12.2 Å². The van der Waals surface area contributed by atoms with E-state index >= 15 is 0 Å². The lowest BCUT2D eigenvalue weighted by Crippen LogP contribution is -2.36. The van der Waals surface area contributed by atoms with E-state index in [1.165, 1.54) is 0 Å². The number of rotatable bonds is 4. The molecule has 0 spiro atoms. The molecule has 7 heteroatoms. The summed E-state index contributed by atoms with van der Waals surface area (Å²) in [7, 11) is 1.70. The molecule has 23 heavy (non-hydrogen) atoms. The Morgan fingerprint density at radius 1 is 1.35 bits per heavy atom. The Morgan fingerprint density at radius 3 is 2.65 bits per heavy atom. The Morgan fingerprint density at radius 2 is 2.13 bits per heavy atom. The van der Waals surface area contributed by atoms with E-state index in [1.807, 2.05) is 42.9 Å². The van der Waals surface area contributed by atoms with Crippen LogP contribution in [0.5, 0.6) is 0 Å². The smallest absolute Gasteiger partial charge is 0.192 e. The lowest BCUT2D eigenvalue weighted by atomic mass is 10.3. The number of halogens is 1. The summed E-state index contributed by atoms with van der Waals surface area (Å²) in [6.45, 7) is 5.04. The van der Waals surface area contributed by atoms with Crippen LogP contribution >= 0.6 is 24.0 Å². The van der Waals surface area contributed by atoms with Gasteiger partial charge in [-0.05, 0) is 31.5 Å². The van der Waals surface area contributed by atoms with Gasteiger partial charge >= 0.3 is 0 Å². The number of aryl methyl sites for hydroxylation is 2. The second kappa shape index (κ2) is 9.15. The molecular weight excluding hydrogens is 403 g/mol. The normalized spacial score (nSPS) is 10.6. The third kappa shape index (κ3) is 5.25. The zero-order chi connectivity index (χ0) is 15.9.